The number of carbonyl (C=O) groups excluding carboxylic acids is 1. The topological polar surface area (TPSA) is 85.6 Å². The molecule has 0 saturated carbocycles. The molecule has 1 N–H and O–H groups in total. The number of fused-ring (bicyclic) bond motifs is 2. The first-order chi connectivity index (χ1) is 15.5. The van der Waals surface area contributed by atoms with Crippen LogP contribution in [0.25, 0.3) is 27.9 Å². The number of aromatic nitrogens is 5. The van der Waals surface area contributed by atoms with E-state index in [9.17, 15) is 9.18 Å². The van der Waals surface area contributed by atoms with Crippen LogP contribution in [-0.4, -0.2) is 30.4 Å². The van der Waals surface area contributed by atoms with E-state index in [1.807, 2.05) is 47.9 Å². The van der Waals surface area contributed by atoms with Crippen LogP contribution < -0.4 is 5.32 Å². The number of aryl methyl sites for hydroxylation is 2. The van der Waals surface area contributed by atoms with Gasteiger partial charge in [-0.15, -0.1) is 0 Å². The predicted molar refractivity (Wildman–Crippen MR) is 119 cm³/mol. The number of imidazole rings is 1. The maximum Gasteiger partial charge on any atom is 0.253 e. The Balaban J connectivity index is 1.36. The third-order valence-electron chi connectivity index (χ3n) is 5.35. The van der Waals surface area contributed by atoms with Crippen molar-refractivity contribution in [1.29, 1.82) is 0 Å². The number of benzene rings is 2. The maximum absolute atomic E-state index is 14.1. The van der Waals surface area contributed by atoms with E-state index in [1.165, 1.54) is 12.1 Å². The van der Waals surface area contributed by atoms with Gasteiger partial charge in [-0.1, -0.05) is 18.2 Å². The third kappa shape index (κ3) is 3.56. The Kier molecular flexibility index (Phi) is 4.82. The van der Waals surface area contributed by atoms with Crippen LogP contribution in [-0.2, 0) is 6.54 Å². The zero-order valence-corrected chi connectivity index (χ0v) is 17.5. The lowest BCUT2D eigenvalue weighted by Crippen LogP contribution is -2.23. The Morgan fingerprint density at radius 2 is 1.81 bits per heavy atom. The van der Waals surface area contributed by atoms with Crippen molar-refractivity contribution in [3.05, 3.63) is 89.4 Å². The smallest absolute Gasteiger partial charge is 0.253 e. The molecular formula is C24H19FN6O. The number of hydrogen-bond acceptors (Lipinski definition) is 5. The first-order valence-corrected chi connectivity index (χ1v) is 10.1. The van der Waals surface area contributed by atoms with Crippen LogP contribution in [0.5, 0.6) is 0 Å². The Bertz CT molecular complexity index is 1480. The molecule has 0 aliphatic rings. The molecule has 0 saturated heterocycles. The standard InChI is InChI=1S/C24H19FN6O/c1-14-15(2)30-23-18(9-17(25)10-20(23)29-14)24(32)27-12-16-7-8-22(26-11-16)31-13-28-19-5-3-4-6-21(19)31/h3-11,13H,12H2,1-2H3,(H,27,32). The van der Waals surface area contributed by atoms with Gasteiger partial charge in [-0.2, -0.15) is 0 Å². The van der Waals surface area contributed by atoms with Crippen molar-refractivity contribution in [1.82, 2.24) is 29.8 Å². The molecule has 0 aliphatic heterocycles. The van der Waals surface area contributed by atoms with Crippen molar-refractivity contribution in [3.63, 3.8) is 0 Å². The molecule has 5 rings (SSSR count). The lowest BCUT2D eigenvalue weighted by atomic mass is 10.1. The average Bonchev–Trinajstić information content (AvgIpc) is 3.23. The number of pyridine rings is 1. The normalized spacial score (nSPS) is 11.2. The summed E-state index contributed by atoms with van der Waals surface area (Å²) in [7, 11) is 0. The van der Waals surface area contributed by atoms with E-state index in [4.69, 9.17) is 0 Å². The highest BCUT2D eigenvalue weighted by Crippen LogP contribution is 2.20. The molecule has 0 aliphatic carbocycles. The Labute approximate surface area is 183 Å². The van der Waals surface area contributed by atoms with Gasteiger partial charge in [0.2, 0.25) is 0 Å². The molecule has 0 fully saturated rings. The summed E-state index contributed by atoms with van der Waals surface area (Å²) < 4.78 is 16.0. The van der Waals surface area contributed by atoms with E-state index in [1.54, 1.807) is 19.4 Å². The number of rotatable bonds is 4. The highest BCUT2D eigenvalue weighted by atomic mass is 19.1. The van der Waals surface area contributed by atoms with E-state index in [-0.39, 0.29) is 12.1 Å². The number of nitrogens with one attached hydrogen (secondary N) is 1. The quantitative estimate of drug-likeness (QED) is 0.469. The molecule has 32 heavy (non-hydrogen) atoms. The van der Waals surface area contributed by atoms with Crippen LogP contribution in [0.15, 0.2) is 61.1 Å². The van der Waals surface area contributed by atoms with Crippen molar-refractivity contribution in [2.45, 2.75) is 20.4 Å². The van der Waals surface area contributed by atoms with Gasteiger partial charge < -0.3 is 5.32 Å². The van der Waals surface area contributed by atoms with Crippen molar-refractivity contribution in [2.75, 3.05) is 0 Å². The molecule has 0 radical (unpaired) electrons. The first-order valence-electron chi connectivity index (χ1n) is 10.1. The van der Waals surface area contributed by atoms with Gasteiger partial charge >= 0.3 is 0 Å². The van der Waals surface area contributed by atoms with E-state index in [0.717, 1.165) is 22.4 Å². The molecule has 1 amide bonds. The summed E-state index contributed by atoms with van der Waals surface area (Å²) in [5, 5.41) is 2.82. The second kappa shape index (κ2) is 7.81. The maximum atomic E-state index is 14.1. The minimum Gasteiger partial charge on any atom is -0.348 e. The zero-order chi connectivity index (χ0) is 22.2. The van der Waals surface area contributed by atoms with Crippen LogP contribution >= 0.6 is 0 Å². The zero-order valence-electron chi connectivity index (χ0n) is 17.5. The minimum atomic E-state index is -0.529. The monoisotopic (exact) mass is 426 g/mol. The molecule has 0 atom stereocenters. The molecule has 5 aromatic rings. The number of nitrogens with zero attached hydrogens (tertiary/aromatic N) is 5. The fourth-order valence-electron chi connectivity index (χ4n) is 3.55. The Morgan fingerprint density at radius 3 is 2.62 bits per heavy atom. The molecule has 2 aromatic carbocycles. The summed E-state index contributed by atoms with van der Waals surface area (Å²) in [6.07, 6.45) is 3.43. The van der Waals surface area contributed by atoms with Crippen molar-refractivity contribution in [2.24, 2.45) is 0 Å². The summed E-state index contributed by atoms with van der Waals surface area (Å²) in [6.45, 7) is 3.85. The molecule has 8 heteroatoms. The van der Waals surface area contributed by atoms with Gasteiger partial charge in [0.1, 0.15) is 23.5 Å². The average molecular weight is 426 g/mol. The van der Waals surface area contributed by atoms with Gasteiger partial charge in [-0.3, -0.25) is 9.36 Å². The van der Waals surface area contributed by atoms with Gasteiger partial charge in [0.25, 0.3) is 5.91 Å². The van der Waals surface area contributed by atoms with Crippen LogP contribution in [0.1, 0.15) is 27.3 Å². The SMILES string of the molecule is Cc1nc2cc(F)cc(C(=O)NCc3ccc(-n4cnc5ccccc54)nc3)c2nc1C. The van der Waals surface area contributed by atoms with E-state index in [2.05, 4.69) is 25.3 Å². The number of carbonyl (C=O) groups is 1. The van der Waals surface area contributed by atoms with Gasteiger partial charge in [0.15, 0.2) is 0 Å². The third-order valence-corrected chi connectivity index (χ3v) is 5.35. The molecular weight excluding hydrogens is 407 g/mol. The number of amides is 1. The van der Waals surface area contributed by atoms with Crippen LogP contribution in [0.3, 0.4) is 0 Å². The first kappa shape index (κ1) is 19.7. The van der Waals surface area contributed by atoms with Crippen LogP contribution in [0.2, 0.25) is 0 Å². The summed E-state index contributed by atoms with van der Waals surface area (Å²) in [4.78, 5) is 30.5. The fourth-order valence-corrected chi connectivity index (χ4v) is 3.55. The lowest BCUT2D eigenvalue weighted by Gasteiger charge is -2.10. The van der Waals surface area contributed by atoms with Crippen LogP contribution in [0, 0.1) is 19.7 Å². The van der Waals surface area contributed by atoms with E-state index < -0.39 is 11.7 Å². The predicted octanol–water partition coefficient (Wildman–Crippen LogP) is 4.05. The van der Waals surface area contributed by atoms with E-state index in [0.29, 0.717) is 22.4 Å². The molecule has 3 heterocycles. The van der Waals surface area contributed by atoms with Gasteiger partial charge in [-0.25, -0.2) is 24.3 Å². The summed E-state index contributed by atoms with van der Waals surface area (Å²) >= 11 is 0. The summed E-state index contributed by atoms with van der Waals surface area (Å²) in [5.74, 6) is -0.221. The molecule has 7 nitrogen and oxygen atoms in total. The van der Waals surface area contributed by atoms with Gasteiger partial charge in [0, 0.05) is 18.8 Å². The molecule has 158 valence electrons. The number of halogens is 1. The van der Waals surface area contributed by atoms with E-state index >= 15 is 0 Å². The van der Waals surface area contributed by atoms with Crippen molar-refractivity contribution < 1.29 is 9.18 Å². The van der Waals surface area contributed by atoms with Gasteiger partial charge in [0.05, 0.1) is 33.5 Å². The number of para-hydroxylation sites is 2. The highest BCUT2D eigenvalue weighted by Gasteiger charge is 2.15. The second-order valence-corrected chi connectivity index (χ2v) is 7.53. The summed E-state index contributed by atoms with van der Waals surface area (Å²) in [5.41, 5.74) is 4.96. The largest absolute Gasteiger partial charge is 0.348 e. The minimum absolute atomic E-state index is 0.157. The number of hydrogen-bond donors (Lipinski definition) is 1. The summed E-state index contributed by atoms with van der Waals surface area (Å²) in [6, 6.07) is 14.0. The lowest BCUT2D eigenvalue weighted by molar-refractivity contribution is 0.0952. The van der Waals surface area contributed by atoms with Crippen LogP contribution in [0.4, 0.5) is 4.39 Å². The van der Waals surface area contributed by atoms with Crippen molar-refractivity contribution in [3.8, 4) is 5.82 Å². The fraction of sp³-hybridized carbons (Fsp3) is 0.125. The van der Waals surface area contributed by atoms with Crippen molar-refractivity contribution >= 4 is 28.0 Å². The molecule has 0 bridgehead atoms. The highest BCUT2D eigenvalue weighted by molar-refractivity contribution is 6.04. The Hall–Kier alpha value is -4.20. The molecule has 0 unspecified atom stereocenters. The van der Waals surface area contributed by atoms with Gasteiger partial charge in [-0.05, 0) is 43.7 Å². The molecule has 3 aromatic heterocycles. The Morgan fingerprint density at radius 1 is 1.00 bits per heavy atom. The second-order valence-electron chi connectivity index (χ2n) is 7.53. The molecule has 0 spiro atoms.